The van der Waals surface area contributed by atoms with Crippen molar-refractivity contribution in [1.82, 2.24) is 0 Å². The zero-order chi connectivity index (χ0) is 14.0. The van der Waals surface area contributed by atoms with Crippen molar-refractivity contribution in [1.29, 1.82) is 0 Å². The number of nitro benzene ring substituents is 1. The second-order valence-electron chi connectivity index (χ2n) is 3.74. The van der Waals surface area contributed by atoms with Crippen molar-refractivity contribution in [3.8, 4) is 0 Å². The normalized spacial score (nSPS) is 10.2. The van der Waals surface area contributed by atoms with Crippen LogP contribution in [0.3, 0.4) is 0 Å². The van der Waals surface area contributed by atoms with Crippen LogP contribution in [0.5, 0.6) is 0 Å². The smallest absolute Gasteiger partial charge is 0.289 e. The lowest BCUT2D eigenvalue weighted by Crippen LogP contribution is -2.05. The van der Waals surface area contributed by atoms with Crippen LogP contribution in [-0.2, 0) is 0 Å². The molecule has 0 heterocycles. The van der Waals surface area contributed by atoms with E-state index in [1.165, 1.54) is 12.1 Å². The van der Waals surface area contributed by atoms with E-state index < -0.39 is 28.0 Å². The van der Waals surface area contributed by atoms with Crippen LogP contribution in [0.1, 0.15) is 15.9 Å². The third kappa shape index (κ3) is 2.47. The highest BCUT2D eigenvalue weighted by molar-refractivity contribution is 6.09. The monoisotopic (exact) mass is 263 g/mol. The standard InChI is InChI=1S/C13H7F2NO3/c14-10-6-9(7-11(15)12(10)16(18)19)13(17)8-4-2-1-3-5-8/h1-7H. The molecule has 0 N–H and O–H groups in total. The van der Waals surface area contributed by atoms with Crippen LogP contribution >= 0.6 is 0 Å². The number of ketones is 1. The van der Waals surface area contributed by atoms with E-state index >= 15 is 0 Å². The van der Waals surface area contributed by atoms with Crippen molar-refractivity contribution >= 4 is 11.5 Å². The topological polar surface area (TPSA) is 60.2 Å². The fraction of sp³-hybridized carbons (Fsp3) is 0. The van der Waals surface area contributed by atoms with Gasteiger partial charge < -0.3 is 0 Å². The molecule has 19 heavy (non-hydrogen) atoms. The fourth-order valence-electron chi connectivity index (χ4n) is 1.63. The zero-order valence-electron chi connectivity index (χ0n) is 9.47. The minimum Gasteiger partial charge on any atom is -0.289 e. The van der Waals surface area contributed by atoms with Crippen LogP contribution in [0.4, 0.5) is 14.5 Å². The van der Waals surface area contributed by atoms with E-state index in [0.29, 0.717) is 12.1 Å². The summed E-state index contributed by atoms with van der Waals surface area (Å²) < 4.78 is 26.8. The predicted molar refractivity (Wildman–Crippen MR) is 62.9 cm³/mol. The van der Waals surface area contributed by atoms with Crippen LogP contribution in [0.15, 0.2) is 42.5 Å². The SMILES string of the molecule is O=C(c1ccccc1)c1cc(F)c([N+](=O)[O-])c(F)c1. The largest absolute Gasteiger partial charge is 0.340 e. The van der Waals surface area contributed by atoms with Gasteiger partial charge in [0, 0.05) is 11.1 Å². The molecule has 2 aromatic rings. The first-order chi connectivity index (χ1) is 9.00. The molecular formula is C13H7F2NO3. The summed E-state index contributed by atoms with van der Waals surface area (Å²) >= 11 is 0. The number of benzene rings is 2. The average Bonchev–Trinajstić information content (AvgIpc) is 2.37. The third-order valence-electron chi connectivity index (χ3n) is 2.50. The van der Waals surface area contributed by atoms with Crippen LogP contribution < -0.4 is 0 Å². The molecule has 0 unspecified atom stereocenters. The molecule has 0 amide bonds. The lowest BCUT2D eigenvalue weighted by Gasteiger charge is -2.02. The van der Waals surface area contributed by atoms with E-state index in [-0.39, 0.29) is 11.1 Å². The summed E-state index contributed by atoms with van der Waals surface area (Å²) in [6, 6.07) is 9.19. The van der Waals surface area contributed by atoms with E-state index in [9.17, 15) is 23.7 Å². The van der Waals surface area contributed by atoms with Gasteiger partial charge in [0.2, 0.25) is 11.6 Å². The Bertz CT molecular complexity index is 633. The summed E-state index contributed by atoms with van der Waals surface area (Å²) in [5.74, 6) is -3.35. The summed E-state index contributed by atoms with van der Waals surface area (Å²) in [5.41, 5.74) is -1.29. The lowest BCUT2D eigenvalue weighted by molar-refractivity contribution is -0.390. The number of halogens is 2. The van der Waals surface area contributed by atoms with Gasteiger partial charge in [-0.2, -0.15) is 8.78 Å². The molecule has 0 radical (unpaired) electrons. The molecule has 0 aliphatic carbocycles. The fourth-order valence-corrected chi connectivity index (χ4v) is 1.63. The molecule has 4 nitrogen and oxygen atoms in total. The zero-order valence-corrected chi connectivity index (χ0v) is 9.47. The molecule has 0 spiro atoms. The molecule has 0 saturated carbocycles. The predicted octanol–water partition coefficient (Wildman–Crippen LogP) is 3.10. The second-order valence-corrected chi connectivity index (χ2v) is 3.74. The second kappa shape index (κ2) is 4.93. The van der Waals surface area contributed by atoms with Gasteiger partial charge in [-0.05, 0) is 12.1 Å². The quantitative estimate of drug-likeness (QED) is 0.485. The molecule has 0 aromatic heterocycles. The van der Waals surface area contributed by atoms with Gasteiger partial charge in [-0.3, -0.25) is 14.9 Å². The van der Waals surface area contributed by atoms with Crippen LogP contribution in [-0.4, -0.2) is 10.7 Å². The molecule has 0 fully saturated rings. The number of hydrogen-bond donors (Lipinski definition) is 0. The molecule has 0 aliphatic heterocycles. The van der Waals surface area contributed by atoms with Crippen molar-refractivity contribution in [3.05, 3.63) is 75.3 Å². The minimum atomic E-state index is -1.37. The van der Waals surface area contributed by atoms with E-state index in [4.69, 9.17) is 0 Å². The van der Waals surface area contributed by atoms with Crippen LogP contribution in [0, 0.1) is 21.7 Å². The molecule has 0 bridgehead atoms. The van der Waals surface area contributed by atoms with E-state index in [1.807, 2.05) is 0 Å². The summed E-state index contributed by atoms with van der Waals surface area (Å²) in [6.45, 7) is 0. The van der Waals surface area contributed by atoms with Gasteiger partial charge in [-0.15, -0.1) is 0 Å². The Morgan fingerprint density at radius 1 is 1.00 bits per heavy atom. The molecule has 0 atom stereocenters. The first-order valence-electron chi connectivity index (χ1n) is 5.24. The highest BCUT2D eigenvalue weighted by Gasteiger charge is 2.24. The third-order valence-corrected chi connectivity index (χ3v) is 2.50. The molecule has 6 heteroatoms. The van der Waals surface area contributed by atoms with Crippen molar-refractivity contribution in [2.45, 2.75) is 0 Å². The van der Waals surface area contributed by atoms with Crippen molar-refractivity contribution in [3.63, 3.8) is 0 Å². The Kier molecular flexibility index (Phi) is 3.33. The molecule has 2 aromatic carbocycles. The highest BCUT2D eigenvalue weighted by Crippen LogP contribution is 2.24. The highest BCUT2D eigenvalue weighted by atomic mass is 19.1. The molecule has 0 saturated heterocycles. The summed E-state index contributed by atoms with van der Waals surface area (Å²) in [6.07, 6.45) is 0. The summed E-state index contributed by atoms with van der Waals surface area (Å²) in [4.78, 5) is 21.2. The first-order valence-corrected chi connectivity index (χ1v) is 5.24. The Labute approximate surface area is 106 Å². The molecule has 96 valence electrons. The number of rotatable bonds is 3. The maximum absolute atomic E-state index is 13.4. The number of nitro groups is 1. The number of carbonyl (C=O) groups is 1. The summed E-state index contributed by atoms with van der Waals surface area (Å²) in [7, 11) is 0. The number of carbonyl (C=O) groups excluding carboxylic acids is 1. The van der Waals surface area contributed by atoms with Gasteiger partial charge in [-0.1, -0.05) is 30.3 Å². The number of nitrogens with zero attached hydrogens (tertiary/aromatic N) is 1. The maximum Gasteiger partial charge on any atom is 0.340 e. The Morgan fingerprint density at radius 3 is 2.00 bits per heavy atom. The van der Waals surface area contributed by atoms with Gasteiger partial charge in [0.15, 0.2) is 5.78 Å². The number of hydrogen-bond acceptors (Lipinski definition) is 3. The van der Waals surface area contributed by atoms with E-state index in [1.54, 1.807) is 18.2 Å². The van der Waals surface area contributed by atoms with E-state index in [0.717, 1.165) is 0 Å². The van der Waals surface area contributed by atoms with Gasteiger partial charge in [0.25, 0.3) is 0 Å². The van der Waals surface area contributed by atoms with Crippen molar-refractivity contribution < 1.29 is 18.5 Å². The van der Waals surface area contributed by atoms with E-state index in [2.05, 4.69) is 0 Å². The van der Waals surface area contributed by atoms with Crippen molar-refractivity contribution in [2.24, 2.45) is 0 Å². The molecule has 0 aliphatic rings. The Morgan fingerprint density at radius 2 is 1.53 bits per heavy atom. The average molecular weight is 263 g/mol. The van der Waals surface area contributed by atoms with Gasteiger partial charge in [0.05, 0.1) is 4.92 Å². The van der Waals surface area contributed by atoms with Crippen molar-refractivity contribution in [2.75, 3.05) is 0 Å². The molecular weight excluding hydrogens is 256 g/mol. The lowest BCUT2D eigenvalue weighted by atomic mass is 10.0. The van der Waals surface area contributed by atoms with Gasteiger partial charge in [-0.25, -0.2) is 0 Å². The summed E-state index contributed by atoms with van der Waals surface area (Å²) in [5, 5.41) is 10.4. The van der Waals surface area contributed by atoms with Gasteiger partial charge >= 0.3 is 5.69 Å². The minimum absolute atomic E-state index is 0.246. The first kappa shape index (κ1) is 12.8. The van der Waals surface area contributed by atoms with Crippen LogP contribution in [0.2, 0.25) is 0 Å². The Balaban J connectivity index is 2.48. The maximum atomic E-state index is 13.4. The Hall–Kier alpha value is -2.63. The molecule has 2 rings (SSSR count). The van der Waals surface area contributed by atoms with Gasteiger partial charge in [0.1, 0.15) is 0 Å². The van der Waals surface area contributed by atoms with Crippen LogP contribution in [0.25, 0.3) is 0 Å².